The third kappa shape index (κ3) is 2.77. The van der Waals surface area contributed by atoms with Crippen molar-refractivity contribution in [3.63, 3.8) is 0 Å². The monoisotopic (exact) mass is 303 g/mol. The Hall–Kier alpha value is -1.92. The molecular weight excluding hydrogens is 286 g/mol. The van der Waals surface area contributed by atoms with E-state index < -0.39 is 15.2 Å². The van der Waals surface area contributed by atoms with Crippen LogP contribution in [-0.4, -0.2) is 38.4 Å². The first-order valence-corrected chi connectivity index (χ1v) is 8.40. The second kappa shape index (κ2) is 5.83. The van der Waals surface area contributed by atoms with Crippen LogP contribution in [0.25, 0.3) is 0 Å². The van der Waals surface area contributed by atoms with Crippen molar-refractivity contribution in [2.45, 2.75) is 10.3 Å². The van der Waals surface area contributed by atoms with Gasteiger partial charge in [0.15, 0.2) is 0 Å². The third-order valence-electron chi connectivity index (χ3n) is 3.62. The predicted octanol–water partition coefficient (Wildman–Crippen LogP) is 1.29. The smallest absolute Gasteiger partial charge is 0.200 e. The molecule has 0 aliphatic carbocycles. The highest BCUT2D eigenvalue weighted by Crippen LogP contribution is 2.24. The number of rotatable bonds is 3. The summed E-state index contributed by atoms with van der Waals surface area (Å²) in [6, 6.07) is 12.3. The van der Waals surface area contributed by atoms with Crippen LogP contribution in [-0.2, 0) is 9.84 Å². The first-order chi connectivity index (χ1) is 10.2. The van der Waals surface area contributed by atoms with Gasteiger partial charge in [-0.05, 0) is 24.3 Å². The van der Waals surface area contributed by atoms with Crippen molar-refractivity contribution < 1.29 is 8.42 Å². The van der Waals surface area contributed by atoms with Gasteiger partial charge in [0.1, 0.15) is 5.37 Å². The lowest BCUT2D eigenvalue weighted by molar-refractivity contribution is 0.518. The van der Waals surface area contributed by atoms with Gasteiger partial charge in [-0.15, -0.1) is 0 Å². The van der Waals surface area contributed by atoms with Crippen LogP contribution < -0.4 is 10.2 Å². The fourth-order valence-electron chi connectivity index (χ4n) is 2.55. The Labute approximate surface area is 124 Å². The van der Waals surface area contributed by atoms with Crippen molar-refractivity contribution in [1.82, 2.24) is 10.3 Å². The fraction of sp³-hybridized carbons (Fsp3) is 0.267. The number of nitrogens with zero attached hydrogens (tertiary/aromatic N) is 2. The Kier molecular flexibility index (Phi) is 3.90. The van der Waals surface area contributed by atoms with Crippen LogP contribution in [0.4, 0.5) is 5.69 Å². The molecule has 1 N–H and O–H groups in total. The van der Waals surface area contributed by atoms with Crippen molar-refractivity contribution in [2.75, 3.05) is 24.5 Å². The Bertz CT molecular complexity index is 689. The van der Waals surface area contributed by atoms with Gasteiger partial charge in [0, 0.05) is 37.7 Å². The van der Waals surface area contributed by atoms with E-state index in [0.29, 0.717) is 18.0 Å². The van der Waals surface area contributed by atoms with Crippen LogP contribution >= 0.6 is 0 Å². The fourth-order valence-corrected chi connectivity index (χ4v) is 4.30. The summed E-state index contributed by atoms with van der Waals surface area (Å²) in [6.45, 7) is 1.84. The summed E-state index contributed by atoms with van der Waals surface area (Å²) in [5, 5.41) is 2.57. The molecule has 0 radical (unpaired) electrons. The molecule has 2 heterocycles. The van der Waals surface area contributed by atoms with Gasteiger partial charge in [-0.2, -0.15) is 0 Å². The molecule has 1 aliphatic heterocycles. The largest absolute Gasteiger partial charge is 0.352 e. The van der Waals surface area contributed by atoms with E-state index in [1.165, 1.54) is 0 Å². The van der Waals surface area contributed by atoms with E-state index in [1.807, 2.05) is 23.1 Å². The first-order valence-electron chi connectivity index (χ1n) is 6.86. The van der Waals surface area contributed by atoms with Crippen LogP contribution in [0.15, 0.2) is 59.8 Å². The molecule has 0 saturated carbocycles. The van der Waals surface area contributed by atoms with Crippen LogP contribution in [0, 0.1) is 0 Å². The minimum absolute atomic E-state index is 0.359. The van der Waals surface area contributed by atoms with E-state index in [9.17, 15) is 8.42 Å². The Morgan fingerprint density at radius 2 is 1.81 bits per heavy atom. The highest BCUT2D eigenvalue weighted by Gasteiger charge is 2.34. The van der Waals surface area contributed by atoms with Crippen molar-refractivity contribution >= 4 is 15.5 Å². The van der Waals surface area contributed by atoms with Gasteiger partial charge in [0.2, 0.25) is 9.84 Å². The lowest BCUT2D eigenvalue weighted by Crippen LogP contribution is -2.55. The Balaban J connectivity index is 1.99. The summed E-state index contributed by atoms with van der Waals surface area (Å²) in [4.78, 5) is 6.28. The molecule has 3 rings (SSSR count). The number of pyridine rings is 1. The minimum atomic E-state index is -3.42. The number of hydrogen-bond acceptors (Lipinski definition) is 5. The van der Waals surface area contributed by atoms with E-state index >= 15 is 0 Å². The van der Waals surface area contributed by atoms with Crippen molar-refractivity contribution in [2.24, 2.45) is 0 Å². The van der Waals surface area contributed by atoms with Crippen molar-refractivity contribution in [3.05, 3.63) is 54.9 Å². The van der Waals surface area contributed by atoms with Crippen LogP contribution in [0.2, 0.25) is 0 Å². The number of anilines is 1. The van der Waals surface area contributed by atoms with E-state index in [4.69, 9.17) is 0 Å². The molecule has 1 saturated heterocycles. The maximum absolute atomic E-state index is 12.9. The first kappa shape index (κ1) is 14.0. The lowest BCUT2D eigenvalue weighted by Gasteiger charge is -2.37. The number of benzene rings is 1. The molecule has 1 aliphatic rings. The maximum Gasteiger partial charge on any atom is 0.200 e. The standard InChI is InChI=1S/C15H17N3O2S/c19-21(20,14-4-2-1-3-5-14)15-12-17-10-11-18(15)13-6-8-16-9-7-13/h1-9,15,17H,10-12H2. The molecule has 6 heteroatoms. The number of piperazine rings is 1. The summed E-state index contributed by atoms with van der Waals surface area (Å²) in [6.07, 6.45) is 3.37. The number of hydrogen-bond donors (Lipinski definition) is 1. The maximum atomic E-state index is 12.9. The summed E-state index contributed by atoms with van der Waals surface area (Å²) < 4.78 is 25.7. The Morgan fingerprint density at radius 1 is 1.10 bits per heavy atom. The topological polar surface area (TPSA) is 62.3 Å². The molecule has 1 aromatic heterocycles. The second-order valence-corrected chi connectivity index (χ2v) is 7.02. The van der Waals surface area contributed by atoms with E-state index in [2.05, 4.69) is 10.3 Å². The average Bonchev–Trinajstić information content (AvgIpc) is 2.56. The van der Waals surface area contributed by atoms with Gasteiger partial charge in [0.05, 0.1) is 4.90 Å². The molecule has 110 valence electrons. The number of aromatic nitrogens is 1. The molecule has 0 bridgehead atoms. The van der Waals surface area contributed by atoms with Crippen molar-refractivity contribution in [3.8, 4) is 0 Å². The molecule has 2 aromatic rings. The van der Waals surface area contributed by atoms with Gasteiger partial charge >= 0.3 is 0 Å². The van der Waals surface area contributed by atoms with Gasteiger partial charge in [-0.1, -0.05) is 18.2 Å². The lowest BCUT2D eigenvalue weighted by atomic mass is 10.3. The highest BCUT2D eigenvalue weighted by molar-refractivity contribution is 7.92. The molecule has 1 aromatic carbocycles. The minimum Gasteiger partial charge on any atom is -0.352 e. The zero-order valence-electron chi connectivity index (χ0n) is 11.5. The molecule has 0 amide bonds. The average molecular weight is 303 g/mol. The van der Waals surface area contributed by atoms with Crippen molar-refractivity contribution in [1.29, 1.82) is 0 Å². The van der Waals surface area contributed by atoms with Gasteiger partial charge in [-0.3, -0.25) is 4.98 Å². The molecule has 1 atom stereocenters. The SMILES string of the molecule is O=S(=O)(c1ccccc1)C1CNCCN1c1ccncc1. The summed E-state index contributed by atoms with van der Waals surface area (Å²) in [7, 11) is -3.42. The highest BCUT2D eigenvalue weighted by atomic mass is 32.2. The normalized spacial score (nSPS) is 19.4. The van der Waals surface area contributed by atoms with Gasteiger partial charge < -0.3 is 10.2 Å². The van der Waals surface area contributed by atoms with Gasteiger partial charge in [-0.25, -0.2) is 8.42 Å². The molecule has 1 fully saturated rings. The third-order valence-corrected chi connectivity index (χ3v) is 5.69. The quantitative estimate of drug-likeness (QED) is 0.926. The molecule has 0 spiro atoms. The van der Waals surface area contributed by atoms with E-state index in [-0.39, 0.29) is 0 Å². The van der Waals surface area contributed by atoms with E-state index in [1.54, 1.807) is 36.7 Å². The summed E-state index contributed by atoms with van der Waals surface area (Å²) in [5.74, 6) is 0. The van der Waals surface area contributed by atoms with Crippen LogP contribution in [0.1, 0.15) is 0 Å². The predicted molar refractivity (Wildman–Crippen MR) is 81.9 cm³/mol. The van der Waals surface area contributed by atoms with E-state index in [0.717, 1.165) is 12.2 Å². The van der Waals surface area contributed by atoms with Crippen LogP contribution in [0.5, 0.6) is 0 Å². The summed E-state index contributed by atoms with van der Waals surface area (Å²) in [5.41, 5.74) is 0.885. The summed E-state index contributed by atoms with van der Waals surface area (Å²) >= 11 is 0. The molecule has 1 unspecified atom stereocenters. The number of nitrogens with one attached hydrogen (secondary N) is 1. The Morgan fingerprint density at radius 3 is 2.52 bits per heavy atom. The number of sulfone groups is 1. The second-order valence-electron chi connectivity index (χ2n) is 4.92. The zero-order valence-corrected chi connectivity index (χ0v) is 12.3. The molecular formula is C15H17N3O2S. The molecule has 21 heavy (non-hydrogen) atoms. The van der Waals surface area contributed by atoms with Crippen LogP contribution in [0.3, 0.4) is 0 Å². The zero-order chi connectivity index (χ0) is 14.7. The molecule has 5 nitrogen and oxygen atoms in total. The van der Waals surface area contributed by atoms with Gasteiger partial charge in [0.25, 0.3) is 0 Å².